The van der Waals surface area contributed by atoms with E-state index in [2.05, 4.69) is 17.0 Å². The van der Waals surface area contributed by atoms with Gasteiger partial charge in [-0.2, -0.15) is 0 Å². The summed E-state index contributed by atoms with van der Waals surface area (Å²) in [6, 6.07) is 7.65. The summed E-state index contributed by atoms with van der Waals surface area (Å²) in [7, 11) is 3.01. The maximum Gasteiger partial charge on any atom is 0.335 e. The first-order valence-corrected chi connectivity index (χ1v) is 8.98. The lowest BCUT2D eigenvalue weighted by molar-refractivity contribution is -0.143. The van der Waals surface area contributed by atoms with E-state index in [0.29, 0.717) is 5.92 Å². The molecule has 0 aromatic heterocycles. The second-order valence-corrected chi connectivity index (χ2v) is 6.97. The summed E-state index contributed by atoms with van der Waals surface area (Å²) in [5, 5.41) is 0. The van der Waals surface area contributed by atoms with Crippen molar-refractivity contribution in [2.75, 3.05) is 33.9 Å². The summed E-state index contributed by atoms with van der Waals surface area (Å²) in [5.74, 6) is 0.0448. The molecule has 0 bridgehead atoms. The molecule has 26 heavy (non-hydrogen) atoms. The topological polar surface area (TPSA) is 70.2 Å². The Balaban J connectivity index is 1.43. The average molecular weight is 359 g/mol. The van der Waals surface area contributed by atoms with Crippen molar-refractivity contribution in [2.45, 2.75) is 25.7 Å². The van der Waals surface area contributed by atoms with Crippen molar-refractivity contribution in [3.8, 4) is 5.75 Å². The summed E-state index contributed by atoms with van der Waals surface area (Å²) < 4.78 is 5.18. The summed E-state index contributed by atoms with van der Waals surface area (Å²) in [6.45, 7) is 1.88. The zero-order valence-electron chi connectivity index (χ0n) is 15.3. The average Bonchev–Trinajstić information content (AvgIpc) is 2.85. The molecular weight excluding hydrogens is 334 g/mol. The predicted octanol–water partition coefficient (Wildman–Crippen LogP) is 1.72. The number of amides is 4. The Morgan fingerprint density at radius 2 is 1.69 bits per heavy atom. The molecule has 2 aliphatic heterocycles. The summed E-state index contributed by atoms with van der Waals surface area (Å²) in [4.78, 5) is 39.4. The van der Waals surface area contributed by atoms with Crippen molar-refractivity contribution < 1.29 is 19.1 Å². The Bertz CT molecular complexity index is 681. The number of likely N-dealkylation sites (tertiary alicyclic amines) is 1. The number of piperidine rings is 1. The quantitative estimate of drug-likeness (QED) is 0.571. The van der Waals surface area contributed by atoms with Gasteiger partial charge in [-0.05, 0) is 49.3 Å². The number of carbonyl (C=O) groups is 3. The van der Waals surface area contributed by atoms with Gasteiger partial charge in [-0.15, -0.1) is 0 Å². The lowest BCUT2D eigenvalue weighted by Crippen LogP contribution is -2.45. The van der Waals surface area contributed by atoms with Crippen LogP contribution >= 0.6 is 0 Å². The maximum atomic E-state index is 11.9. The molecule has 4 amide bonds. The number of aryl methyl sites for hydroxylation is 1. The second-order valence-electron chi connectivity index (χ2n) is 6.97. The lowest BCUT2D eigenvalue weighted by atomic mass is 9.90. The van der Waals surface area contributed by atoms with Crippen molar-refractivity contribution in [3.63, 3.8) is 0 Å². The van der Waals surface area contributed by atoms with Gasteiger partial charge in [0.25, 0.3) is 0 Å². The number of urea groups is 1. The van der Waals surface area contributed by atoms with Crippen LogP contribution in [0.2, 0.25) is 0 Å². The number of nitrogens with zero attached hydrogens (tertiary/aromatic N) is 3. The highest BCUT2D eigenvalue weighted by Gasteiger charge is 2.42. The van der Waals surface area contributed by atoms with Crippen molar-refractivity contribution in [1.29, 1.82) is 0 Å². The van der Waals surface area contributed by atoms with Crippen molar-refractivity contribution in [3.05, 3.63) is 29.8 Å². The van der Waals surface area contributed by atoms with E-state index in [1.165, 1.54) is 12.6 Å². The van der Waals surface area contributed by atoms with Gasteiger partial charge in [0, 0.05) is 20.1 Å². The van der Waals surface area contributed by atoms with Crippen LogP contribution in [0.25, 0.3) is 0 Å². The Kier molecular flexibility index (Phi) is 5.56. The highest BCUT2D eigenvalue weighted by molar-refractivity contribution is 6.44. The van der Waals surface area contributed by atoms with Gasteiger partial charge in [-0.1, -0.05) is 12.1 Å². The first-order chi connectivity index (χ1) is 12.5. The Morgan fingerprint density at radius 3 is 2.23 bits per heavy atom. The molecule has 2 aliphatic rings. The lowest BCUT2D eigenvalue weighted by Gasteiger charge is -2.33. The van der Waals surface area contributed by atoms with Crippen LogP contribution in [0.15, 0.2) is 24.3 Å². The van der Waals surface area contributed by atoms with Gasteiger partial charge in [-0.3, -0.25) is 19.4 Å². The monoisotopic (exact) mass is 359 g/mol. The highest BCUT2D eigenvalue weighted by Crippen LogP contribution is 2.24. The molecular formula is C19H25N3O4. The fraction of sp³-hybridized carbons (Fsp3) is 0.526. The van der Waals surface area contributed by atoms with E-state index >= 15 is 0 Å². The summed E-state index contributed by atoms with van der Waals surface area (Å²) in [5.41, 5.74) is 1.31. The van der Waals surface area contributed by atoms with E-state index in [1.807, 2.05) is 12.1 Å². The normalized spacial score (nSPS) is 19.5. The van der Waals surface area contributed by atoms with E-state index in [4.69, 9.17) is 4.74 Å². The Labute approximate surface area is 153 Å². The van der Waals surface area contributed by atoms with Gasteiger partial charge in [0.05, 0.1) is 13.8 Å². The molecule has 7 nitrogen and oxygen atoms in total. The maximum absolute atomic E-state index is 11.9. The first kappa shape index (κ1) is 18.4. The predicted molar refractivity (Wildman–Crippen MR) is 95.5 cm³/mol. The van der Waals surface area contributed by atoms with E-state index in [0.717, 1.165) is 54.3 Å². The second kappa shape index (κ2) is 7.86. The number of rotatable bonds is 6. The van der Waals surface area contributed by atoms with E-state index in [9.17, 15) is 14.4 Å². The summed E-state index contributed by atoms with van der Waals surface area (Å²) >= 11 is 0. The van der Waals surface area contributed by atoms with E-state index < -0.39 is 17.8 Å². The van der Waals surface area contributed by atoms with Crippen molar-refractivity contribution in [1.82, 2.24) is 14.7 Å². The molecule has 7 heteroatoms. The molecule has 0 spiro atoms. The van der Waals surface area contributed by atoms with Gasteiger partial charge in [0.15, 0.2) is 0 Å². The van der Waals surface area contributed by atoms with Crippen molar-refractivity contribution in [2.24, 2.45) is 5.92 Å². The van der Waals surface area contributed by atoms with Gasteiger partial charge >= 0.3 is 17.8 Å². The minimum atomic E-state index is -0.746. The van der Waals surface area contributed by atoms with Crippen molar-refractivity contribution >= 4 is 17.8 Å². The van der Waals surface area contributed by atoms with Crippen LogP contribution in [-0.2, 0) is 16.0 Å². The zero-order chi connectivity index (χ0) is 18.7. The molecule has 0 radical (unpaired) electrons. The third-order valence-corrected chi connectivity index (χ3v) is 5.30. The van der Waals surface area contributed by atoms with Crippen LogP contribution in [0, 0.1) is 5.92 Å². The molecule has 2 heterocycles. The highest BCUT2D eigenvalue weighted by atomic mass is 16.5. The smallest absolute Gasteiger partial charge is 0.335 e. The number of methoxy groups -OCH3 is 1. The van der Waals surface area contributed by atoms with Gasteiger partial charge in [-0.25, -0.2) is 9.69 Å². The molecule has 0 aliphatic carbocycles. The van der Waals surface area contributed by atoms with Crippen LogP contribution in [0.3, 0.4) is 0 Å². The molecule has 1 aromatic carbocycles. The molecule has 3 rings (SSSR count). The van der Waals surface area contributed by atoms with Crippen LogP contribution < -0.4 is 4.74 Å². The molecule has 2 fully saturated rings. The third kappa shape index (κ3) is 3.88. The number of ether oxygens (including phenoxy) is 1. The summed E-state index contributed by atoms with van der Waals surface area (Å²) in [6.07, 6.45) is 4.24. The van der Waals surface area contributed by atoms with E-state index in [1.54, 1.807) is 7.11 Å². The molecule has 0 atom stereocenters. The fourth-order valence-electron chi connectivity index (χ4n) is 3.52. The minimum absolute atomic E-state index is 0.207. The molecule has 0 saturated carbocycles. The van der Waals surface area contributed by atoms with Crippen LogP contribution in [0.1, 0.15) is 24.8 Å². The van der Waals surface area contributed by atoms with Crippen LogP contribution in [0.4, 0.5) is 4.79 Å². The standard InChI is InChI=1S/C19H25N3O4/c1-20-17(23)18(24)22(19(20)25)13-21-11-9-15(10-12-21)4-3-14-5-7-16(26-2)8-6-14/h5-8,15H,3-4,9-13H2,1-2H3. The molecule has 2 saturated heterocycles. The number of imide groups is 2. The van der Waals surface area contributed by atoms with Crippen LogP contribution in [-0.4, -0.2) is 66.5 Å². The van der Waals surface area contributed by atoms with Gasteiger partial charge < -0.3 is 4.74 Å². The Hall–Kier alpha value is -2.41. The molecule has 140 valence electrons. The third-order valence-electron chi connectivity index (χ3n) is 5.30. The minimum Gasteiger partial charge on any atom is -0.497 e. The van der Waals surface area contributed by atoms with Gasteiger partial charge in [0.2, 0.25) is 0 Å². The fourth-order valence-corrected chi connectivity index (χ4v) is 3.52. The number of benzene rings is 1. The van der Waals surface area contributed by atoms with E-state index in [-0.39, 0.29) is 6.67 Å². The molecule has 0 N–H and O–H groups in total. The zero-order valence-corrected chi connectivity index (χ0v) is 15.3. The largest absolute Gasteiger partial charge is 0.497 e. The number of hydrogen-bond acceptors (Lipinski definition) is 5. The molecule has 1 aromatic rings. The number of likely N-dealkylation sites (N-methyl/N-ethyl adjacent to an activating group) is 1. The number of hydrogen-bond donors (Lipinski definition) is 0. The number of carbonyl (C=O) groups excluding carboxylic acids is 3. The van der Waals surface area contributed by atoms with Crippen LogP contribution in [0.5, 0.6) is 5.75 Å². The molecule has 0 unspecified atom stereocenters. The SMILES string of the molecule is COc1ccc(CCC2CCN(CN3C(=O)C(=O)N(C)C3=O)CC2)cc1. The van der Waals surface area contributed by atoms with Gasteiger partial charge in [0.1, 0.15) is 5.75 Å². The first-order valence-electron chi connectivity index (χ1n) is 8.98. The Morgan fingerprint density at radius 1 is 1.04 bits per heavy atom.